The molecule has 2 atom stereocenters. The monoisotopic (exact) mass is 850 g/mol. The Hall–Kier alpha value is -4.64. The molecule has 2 aliphatic heterocycles. The number of aryl methyl sites for hydroxylation is 2. The predicted octanol–water partition coefficient (Wildman–Crippen LogP) is 5.92. The predicted molar refractivity (Wildman–Crippen MR) is 208 cm³/mol. The minimum atomic E-state index is -0.418. The van der Waals surface area contributed by atoms with Crippen molar-refractivity contribution in [1.82, 2.24) is 51.3 Å². The van der Waals surface area contributed by atoms with E-state index in [0.29, 0.717) is 97.6 Å². The number of carbonyl (C=O) groups is 4. The number of hydrogen-bond donors (Lipinski definition) is 4. The van der Waals surface area contributed by atoms with Gasteiger partial charge in [-0.25, -0.2) is 9.59 Å². The van der Waals surface area contributed by atoms with Crippen LogP contribution in [-0.4, -0.2) is 103 Å². The van der Waals surface area contributed by atoms with E-state index in [1.807, 2.05) is 0 Å². The lowest BCUT2D eigenvalue weighted by Gasteiger charge is -2.17. The maximum atomic E-state index is 12.2. The first-order chi connectivity index (χ1) is 27.0. The van der Waals surface area contributed by atoms with Gasteiger partial charge in [-0.2, -0.15) is 30.8 Å². The largest absolute Gasteiger partial charge is 0.445 e. The van der Waals surface area contributed by atoms with Gasteiger partial charge in [-0.05, 0) is 86.1 Å². The van der Waals surface area contributed by atoms with Crippen molar-refractivity contribution in [1.29, 1.82) is 0 Å². The molecular formula is C36H42Cl4N10O6. The number of likely N-dealkylation sites (tertiary alicyclic amines) is 2. The summed E-state index contributed by atoms with van der Waals surface area (Å²) in [6.07, 6.45) is 7.45. The van der Waals surface area contributed by atoms with E-state index in [0.717, 1.165) is 22.5 Å². The zero-order chi connectivity index (χ0) is 39.9. The number of nitrogens with one attached hydrogen (secondary N) is 4. The normalized spacial score (nSPS) is 16.2. The summed E-state index contributed by atoms with van der Waals surface area (Å²) >= 11 is 23.8. The minimum Gasteiger partial charge on any atom is -0.445 e. The molecule has 2 saturated heterocycles. The number of halogens is 4. The van der Waals surface area contributed by atoms with Crippen molar-refractivity contribution in [3.8, 4) is 0 Å². The number of aromatic amines is 2. The molecule has 56 heavy (non-hydrogen) atoms. The van der Waals surface area contributed by atoms with Crippen molar-refractivity contribution in [2.45, 2.75) is 76.7 Å². The molecule has 2 aromatic carbocycles. The van der Waals surface area contributed by atoms with Crippen molar-refractivity contribution >= 4 is 70.4 Å². The first-order valence-electron chi connectivity index (χ1n) is 18.0. The third-order valence-electron chi connectivity index (χ3n) is 8.80. The number of ether oxygens (including phenoxy) is 2. The molecule has 4 heterocycles. The number of aromatic nitrogens is 6. The quantitative estimate of drug-likeness (QED) is 0.118. The standard InChI is InChI=1S/2C18H21Cl2N5O3/c2*19-13-6-12(7-14(20)8-13)11-28-18(27)25-5-4-16(10-25)22-17(26)3-1-2-15-9-21-24-23-15/h2*6-9,16H,1-5,10-11H2,(H,22,26)(H,21,23,24)/t2*16-/m10/s1. The average Bonchev–Trinajstić information content (AvgIpc) is 3.99. The highest BCUT2D eigenvalue weighted by atomic mass is 35.5. The second kappa shape index (κ2) is 21.6. The number of nitrogens with zero attached hydrogens (tertiary/aromatic N) is 6. The van der Waals surface area contributed by atoms with Crippen molar-refractivity contribution < 1.29 is 28.7 Å². The van der Waals surface area contributed by atoms with E-state index in [1.54, 1.807) is 58.6 Å². The molecule has 4 amide bonds. The number of hydrogen-bond acceptors (Lipinski definition) is 10. The summed E-state index contributed by atoms with van der Waals surface area (Å²) in [5, 5.41) is 28.4. The van der Waals surface area contributed by atoms with Crippen molar-refractivity contribution in [3.63, 3.8) is 0 Å². The topological polar surface area (TPSA) is 200 Å². The molecule has 6 rings (SSSR count). The van der Waals surface area contributed by atoms with Crippen LogP contribution in [0, 0.1) is 0 Å². The minimum absolute atomic E-state index is 0.0303. The van der Waals surface area contributed by atoms with Gasteiger partial charge >= 0.3 is 12.2 Å². The Kier molecular flexibility index (Phi) is 16.4. The molecule has 2 aromatic heterocycles. The van der Waals surface area contributed by atoms with Crippen LogP contribution in [0.1, 0.15) is 61.0 Å². The van der Waals surface area contributed by atoms with Gasteiger partial charge in [-0.15, -0.1) is 0 Å². The van der Waals surface area contributed by atoms with Crippen molar-refractivity contribution in [2.75, 3.05) is 26.2 Å². The van der Waals surface area contributed by atoms with E-state index < -0.39 is 12.2 Å². The van der Waals surface area contributed by atoms with Crippen LogP contribution in [0.2, 0.25) is 20.1 Å². The van der Waals surface area contributed by atoms with Gasteiger partial charge in [0.05, 0.1) is 23.8 Å². The van der Waals surface area contributed by atoms with Gasteiger partial charge in [0.2, 0.25) is 11.8 Å². The lowest BCUT2D eigenvalue weighted by Crippen LogP contribution is -2.38. The molecule has 300 valence electrons. The van der Waals surface area contributed by atoms with E-state index in [-0.39, 0.29) is 37.1 Å². The summed E-state index contributed by atoms with van der Waals surface area (Å²) in [6.45, 7) is 2.13. The third kappa shape index (κ3) is 14.5. The lowest BCUT2D eigenvalue weighted by atomic mass is 10.2. The maximum Gasteiger partial charge on any atom is 0.410 e. The Bertz CT molecular complexity index is 1730. The van der Waals surface area contributed by atoms with Gasteiger partial charge in [0.25, 0.3) is 0 Å². The van der Waals surface area contributed by atoms with Crippen LogP contribution in [0.5, 0.6) is 0 Å². The summed E-state index contributed by atoms with van der Waals surface area (Å²) < 4.78 is 10.6. The summed E-state index contributed by atoms with van der Waals surface area (Å²) in [4.78, 5) is 51.8. The zero-order valence-corrected chi connectivity index (χ0v) is 33.3. The Morgan fingerprint density at radius 1 is 0.643 bits per heavy atom. The van der Waals surface area contributed by atoms with E-state index in [2.05, 4.69) is 41.5 Å². The Labute approximate surface area is 343 Å². The highest BCUT2D eigenvalue weighted by Crippen LogP contribution is 2.22. The molecule has 0 aliphatic carbocycles. The van der Waals surface area contributed by atoms with Gasteiger partial charge in [0.1, 0.15) is 13.2 Å². The summed E-state index contributed by atoms with van der Waals surface area (Å²) in [5.41, 5.74) is 3.12. The number of benzene rings is 2. The smallest absolute Gasteiger partial charge is 0.410 e. The fourth-order valence-electron chi connectivity index (χ4n) is 6.10. The van der Waals surface area contributed by atoms with Gasteiger partial charge in [0.15, 0.2) is 0 Å². The van der Waals surface area contributed by atoms with Crippen LogP contribution in [0.4, 0.5) is 9.59 Å². The summed E-state index contributed by atoms with van der Waals surface area (Å²) in [7, 11) is 0. The molecular weight excluding hydrogens is 810 g/mol. The molecule has 4 aromatic rings. The zero-order valence-electron chi connectivity index (χ0n) is 30.3. The molecule has 2 fully saturated rings. The first-order valence-corrected chi connectivity index (χ1v) is 19.5. The van der Waals surface area contributed by atoms with Gasteiger partial charge in [-0.1, -0.05) is 46.4 Å². The second-order valence-corrected chi connectivity index (χ2v) is 15.0. The number of H-pyrrole nitrogens is 2. The second-order valence-electron chi connectivity index (χ2n) is 13.3. The Balaban J connectivity index is 0.000000214. The third-order valence-corrected chi connectivity index (χ3v) is 9.67. The Morgan fingerprint density at radius 3 is 1.39 bits per heavy atom. The van der Waals surface area contributed by atoms with Gasteiger partial charge < -0.3 is 29.9 Å². The number of amides is 4. The molecule has 16 nitrogen and oxygen atoms in total. The first kappa shape index (κ1) is 42.5. The molecule has 0 spiro atoms. The van der Waals surface area contributed by atoms with Crippen LogP contribution in [0.3, 0.4) is 0 Å². The molecule has 2 aliphatic rings. The Morgan fingerprint density at radius 2 is 1.04 bits per heavy atom. The van der Waals surface area contributed by atoms with Crippen LogP contribution in [0.25, 0.3) is 0 Å². The van der Waals surface area contributed by atoms with Crippen molar-refractivity contribution in [2.24, 2.45) is 0 Å². The fourth-order valence-corrected chi connectivity index (χ4v) is 7.24. The fraction of sp³-hybridized carbons (Fsp3) is 0.444. The van der Waals surface area contributed by atoms with E-state index >= 15 is 0 Å². The average molecular weight is 853 g/mol. The molecule has 0 bridgehead atoms. The van der Waals surface area contributed by atoms with E-state index in [1.165, 1.54) is 0 Å². The molecule has 20 heteroatoms. The van der Waals surface area contributed by atoms with E-state index in [9.17, 15) is 19.2 Å². The van der Waals surface area contributed by atoms with Crippen LogP contribution < -0.4 is 10.6 Å². The number of carbonyl (C=O) groups excluding carboxylic acids is 4. The molecule has 0 saturated carbocycles. The van der Waals surface area contributed by atoms with Crippen LogP contribution >= 0.6 is 46.4 Å². The number of rotatable bonds is 14. The molecule has 4 N–H and O–H groups in total. The SMILES string of the molecule is O=C(CCCc1cn[nH]n1)N[C@@H]1CCN(C(=O)OCc2cc(Cl)cc(Cl)c2)C1.O=C(CCCc1cn[nH]n1)N[C@H]1CCN(C(=O)OCc2cc(Cl)cc(Cl)c2)C1. The van der Waals surface area contributed by atoms with Gasteiger partial charge in [0, 0.05) is 71.2 Å². The summed E-state index contributed by atoms with van der Waals surface area (Å²) in [6, 6.07) is 9.92. The van der Waals surface area contributed by atoms with Crippen molar-refractivity contribution in [3.05, 3.63) is 91.4 Å². The summed E-state index contributed by atoms with van der Waals surface area (Å²) in [5.74, 6) is -0.0606. The van der Waals surface area contributed by atoms with Crippen LogP contribution in [-0.2, 0) is 45.1 Å². The maximum absolute atomic E-state index is 12.2. The van der Waals surface area contributed by atoms with Gasteiger partial charge in [-0.3, -0.25) is 9.59 Å². The molecule has 0 radical (unpaired) electrons. The highest BCUT2D eigenvalue weighted by Gasteiger charge is 2.29. The van der Waals surface area contributed by atoms with Crippen LogP contribution in [0.15, 0.2) is 48.8 Å². The lowest BCUT2D eigenvalue weighted by molar-refractivity contribution is -0.122. The highest BCUT2D eigenvalue weighted by molar-refractivity contribution is 6.35. The molecule has 0 unspecified atom stereocenters. The van der Waals surface area contributed by atoms with E-state index in [4.69, 9.17) is 55.9 Å².